The molecular formula is C19H13N. The Labute approximate surface area is 116 Å². The molecule has 0 unspecified atom stereocenters. The molecule has 0 atom stereocenters. The zero-order chi connectivity index (χ0) is 13.4. The molecule has 0 saturated carbocycles. The first-order valence-corrected chi connectivity index (χ1v) is 6.75. The lowest BCUT2D eigenvalue weighted by Crippen LogP contribution is -2.07. The monoisotopic (exact) mass is 255 g/mol. The molecule has 3 aromatic rings. The third kappa shape index (κ3) is 1.84. The molecule has 0 amide bonds. The summed E-state index contributed by atoms with van der Waals surface area (Å²) in [6, 6.07) is 23.0. The van der Waals surface area contributed by atoms with Crippen LogP contribution in [0.25, 0.3) is 12.2 Å². The largest absolute Gasteiger partial charge is 0.248 e. The lowest BCUT2D eigenvalue weighted by atomic mass is 10.2. The minimum absolute atomic E-state index is 0.999. The van der Waals surface area contributed by atoms with Crippen LogP contribution in [0.3, 0.4) is 0 Å². The second-order valence-electron chi connectivity index (χ2n) is 4.96. The maximum Gasteiger partial charge on any atom is 0.0721 e. The molecule has 0 N–H and O–H groups in total. The van der Waals surface area contributed by atoms with E-state index in [2.05, 4.69) is 60.7 Å². The summed E-state index contributed by atoms with van der Waals surface area (Å²) in [6.45, 7) is 0. The molecule has 0 saturated heterocycles. The average molecular weight is 255 g/mol. The summed E-state index contributed by atoms with van der Waals surface area (Å²) in [5.41, 5.74) is 2.24. The molecule has 2 aromatic carbocycles. The molecule has 94 valence electrons. The number of rotatable bonds is 1. The average Bonchev–Trinajstić information content (AvgIpc) is 2.86. The summed E-state index contributed by atoms with van der Waals surface area (Å²) >= 11 is 0. The number of benzene rings is 2. The molecule has 1 heterocycles. The molecule has 0 bridgehead atoms. The Morgan fingerprint density at radius 1 is 0.700 bits per heavy atom. The molecule has 1 aromatic heterocycles. The number of fused-ring (bicyclic) bond motifs is 2. The molecule has 0 radical (unpaired) electrons. The highest BCUT2D eigenvalue weighted by Crippen LogP contribution is 2.05. The van der Waals surface area contributed by atoms with Gasteiger partial charge in [0.25, 0.3) is 0 Å². The van der Waals surface area contributed by atoms with Gasteiger partial charge in [0.1, 0.15) is 0 Å². The summed E-state index contributed by atoms with van der Waals surface area (Å²) in [4.78, 5) is 4.75. The van der Waals surface area contributed by atoms with E-state index in [9.17, 15) is 0 Å². The smallest absolute Gasteiger partial charge is 0.0721 e. The fourth-order valence-electron chi connectivity index (χ4n) is 2.64. The Hall–Kier alpha value is -2.67. The lowest BCUT2D eigenvalue weighted by Gasteiger charge is -1.94. The fourth-order valence-corrected chi connectivity index (χ4v) is 2.64. The van der Waals surface area contributed by atoms with Gasteiger partial charge in [-0.05, 0) is 34.2 Å². The molecule has 0 fully saturated rings. The van der Waals surface area contributed by atoms with Gasteiger partial charge < -0.3 is 0 Å². The van der Waals surface area contributed by atoms with Gasteiger partial charge in [0.2, 0.25) is 0 Å². The van der Waals surface area contributed by atoms with Crippen molar-refractivity contribution in [3.8, 4) is 0 Å². The number of hydrogen-bond donors (Lipinski definition) is 0. The van der Waals surface area contributed by atoms with Crippen molar-refractivity contribution in [1.29, 1.82) is 0 Å². The van der Waals surface area contributed by atoms with E-state index >= 15 is 0 Å². The van der Waals surface area contributed by atoms with Crippen LogP contribution < -0.4 is 10.6 Å². The topological polar surface area (TPSA) is 12.9 Å². The molecular weight excluding hydrogens is 242 g/mol. The van der Waals surface area contributed by atoms with Crippen LogP contribution >= 0.6 is 0 Å². The van der Waals surface area contributed by atoms with Crippen LogP contribution in [0, 0.1) is 10.4 Å². The van der Waals surface area contributed by atoms with Crippen molar-refractivity contribution < 1.29 is 0 Å². The fraction of sp³-hybridized carbons (Fsp3) is 0. The van der Waals surface area contributed by atoms with Crippen LogP contribution in [0.15, 0.2) is 66.7 Å². The molecule has 4 rings (SSSR count). The van der Waals surface area contributed by atoms with E-state index < -0.39 is 0 Å². The first-order valence-electron chi connectivity index (χ1n) is 6.75. The molecule has 1 nitrogen and oxygen atoms in total. The van der Waals surface area contributed by atoms with Gasteiger partial charge in [0.05, 0.1) is 11.0 Å². The SMILES string of the molecule is C(c1ccccc1)=c1ccc2c(n1)C=c1ccccc1=2. The second kappa shape index (κ2) is 4.46. The number of pyridine rings is 1. The van der Waals surface area contributed by atoms with Crippen molar-refractivity contribution in [2.45, 2.75) is 0 Å². The van der Waals surface area contributed by atoms with Gasteiger partial charge in [0.15, 0.2) is 0 Å². The first-order chi connectivity index (χ1) is 9.90. The quantitative estimate of drug-likeness (QED) is 0.509. The summed E-state index contributed by atoms with van der Waals surface area (Å²) in [6.07, 6.45) is 4.27. The Morgan fingerprint density at radius 3 is 2.40 bits per heavy atom. The third-order valence-electron chi connectivity index (χ3n) is 3.60. The summed E-state index contributed by atoms with van der Waals surface area (Å²) in [5, 5.41) is 4.76. The van der Waals surface area contributed by atoms with E-state index in [-0.39, 0.29) is 0 Å². The van der Waals surface area contributed by atoms with Gasteiger partial charge in [0, 0.05) is 5.22 Å². The predicted octanol–water partition coefficient (Wildman–Crippen LogP) is 2.34. The lowest BCUT2D eigenvalue weighted by molar-refractivity contribution is 1.21. The summed E-state index contributed by atoms with van der Waals surface area (Å²) in [5.74, 6) is 0. The van der Waals surface area contributed by atoms with Crippen LogP contribution in [0.4, 0.5) is 0 Å². The maximum atomic E-state index is 4.75. The van der Waals surface area contributed by atoms with Crippen LogP contribution in [-0.2, 0) is 0 Å². The normalized spacial score (nSPS) is 12.7. The minimum Gasteiger partial charge on any atom is -0.248 e. The van der Waals surface area contributed by atoms with E-state index in [1.54, 1.807) is 0 Å². The van der Waals surface area contributed by atoms with Crippen LogP contribution in [0.2, 0.25) is 0 Å². The van der Waals surface area contributed by atoms with Crippen LogP contribution in [0.5, 0.6) is 0 Å². The second-order valence-corrected chi connectivity index (χ2v) is 4.96. The summed E-state index contributed by atoms with van der Waals surface area (Å²) < 4.78 is 0. The minimum atomic E-state index is 0.999. The number of aromatic nitrogens is 1. The molecule has 0 aliphatic heterocycles. The van der Waals surface area contributed by atoms with E-state index in [1.807, 2.05) is 18.2 Å². The first kappa shape index (κ1) is 11.2. The van der Waals surface area contributed by atoms with E-state index in [0.717, 1.165) is 11.0 Å². The highest BCUT2D eigenvalue weighted by molar-refractivity contribution is 5.53. The third-order valence-corrected chi connectivity index (χ3v) is 3.60. The summed E-state index contributed by atoms with van der Waals surface area (Å²) in [7, 11) is 0. The Morgan fingerprint density at radius 2 is 1.50 bits per heavy atom. The predicted molar refractivity (Wildman–Crippen MR) is 81.2 cm³/mol. The van der Waals surface area contributed by atoms with Crippen molar-refractivity contribution in [2.24, 2.45) is 0 Å². The van der Waals surface area contributed by atoms with Crippen molar-refractivity contribution in [2.75, 3.05) is 0 Å². The van der Waals surface area contributed by atoms with Gasteiger partial charge in [-0.25, -0.2) is 4.98 Å². The van der Waals surface area contributed by atoms with Crippen molar-refractivity contribution in [1.82, 2.24) is 4.98 Å². The van der Waals surface area contributed by atoms with Crippen molar-refractivity contribution in [3.05, 3.63) is 99.0 Å². The number of nitrogens with zero attached hydrogens (tertiary/aromatic N) is 1. The van der Waals surface area contributed by atoms with E-state index in [0.29, 0.717) is 0 Å². The van der Waals surface area contributed by atoms with Gasteiger partial charge in [-0.1, -0.05) is 60.7 Å². The zero-order valence-corrected chi connectivity index (χ0v) is 11.0. The Kier molecular flexibility index (Phi) is 2.49. The van der Waals surface area contributed by atoms with Gasteiger partial charge in [-0.3, -0.25) is 0 Å². The van der Waals surface area contributed by atoms with Crippen LogP contribution in [0.1, 0.15) is 11.3 Å². The van der Waals surface area contributed by atoms with Crippen molar-refractivity contribution in [3.63, 3.8) is 0 Å². The Balaban J connectivity index is 1.95. The van der Waals surface area contributed by atoms with E-state index in [4.69, 9.17) is 4.98 Å². The maximum absolute atomic E-state index is 4.75. The molecule has 0 spiro atoms. The highest BCUT2D eigenvalue weighted by Gasteiger charge is 2.02. The molecule has 1 aliphatic rings. The Bertz CT molecular complexity index is 986. The molecule has 1 aliphatic carbocycles. The zero-order valence-electron chi connectivity index (χ0n) is 11.0. The highest BCUT2D eigenvalue weighted by atomic mass is 14.7. The molecule has 20 heavy (non-hydrogen) atoms. The molecule has 1 heteroatoms. The van der Waals surface area contributed by atoms with Gasteiger partial charge >= 0.3 is 0 Å². The van der Waals surface area contributed by atoms with Crippen molar-refractivity contribution >= 4 is 12.2 Å². The van der Waals surface area contributed by atoms with E-state index in [1.165, 1.54) is 21.2 Å². The van der Waals surface area contributed by atoms with Gasteiger partial charge in [-0.15, -0.1) is 0 Å². The van der Waals surface area contributed by atoms with Crippen LogP contribution in [-0.4, -0.2) is 4.98 Å². The number of hydrogen-bond acceptors (Lipinski definition) is 1. The standard InChI is InChI=1S/C19H13N/c1-2-6-14(7-3-1)12-16-10-11-18-17-9-5-4-8-15(17)13-19(18)20-16/h1-13H. The van der Waals surface area contributed by atoms with Gasteiger partial charge in [-0.2, -0.15) is 0 Å².